The predicted molar refractivity (Wildman–Crippen MR) is 142 cm³/mol. The molecule has 36 heavy (non-hydrogen) atoms. The number of hydrogen-bond donors (Lipinski definition) is 2. The van der Waals surface area contributed by atoms with Crippen molar-refractivity contribution in [2.75, 3.05) is 24.1 Å². The second-order valence-corrected chi connectivity index (χ2v) is 9.39. The molecule has 4 aromatic rings. The monoisotopic (exact) mass is 545 g/mol. The Morgan fingerprint density at radius 1 is 1.17 bits per heavy atom. The Morgan fingerprint density at radius 2 is 1.97 bits per heavy atom. The predicted octanol–water partition coefficient (Wildman–Crippen LogP) is 4.44. The maximum atomic E-state index is 12.6. The minimum Gasteiger partial charge on any atom is -0.383 e. The van der Waals surface area contributed by atoms with Crippen LogP contribution in [0.15, 0.2) is 72.0 Å². The first-order valence-corrected chi connectivity index (χ1v) is 12.3. The number of pyridine rings is 2. The standard InChI is InChI=1S/C26H24BrN7O2/c1-2-21(35)33-13-5-6-18(15-33)34-24-19(27)14-30-25(28)22(24)23(32-34)16-8-10-17(11-9-16)26(36)31-20-7-3-4-12-29-20/h2-4,7-12,14,18H,1,5-6,13,15H2,(H2,28,30)(H,29,31,36). The van der Waals surface area contributed by atoms with Crippen molar-refractivity contribution in [3.63, 3.8) is 0 Å². The fourth-order valence-electron chi connectivity index (χ4n) is 4.51. The van der Waals surface area contributed by atoms with E-state index in [1.54, 1.807) is 41.6 Å². The molecule has 3 aromatic heterocycles. The molecule has 0 spiro atoms. The first kappa shape index (κ1) is 23.7. The Morgan fingerprint density at radius 3 is 2.69 bits per heavy atom. The molecule has 4 heterocycles. The Bertz CT molecular complexity index is 1450. The van der Waals surface area contributed by atoms with E-state index in [0.29, 0.717) is 36.0 Å². The molecule has 1 aliphatic rings. The fraction of sp³-hybridized carbons (Fsp3) is 0.192. The summed E-state index contributed by atoms with van der Waals surface area (Å²) in [5.74, 6) is 0.502. The van der Waals surface area contributed by atoms with Gasteiger partial charge in [0.25, 0.3) is 5.91 Å². The molecule has 1 saturated heterocycles. The largest absolute Gasteiger partial charge is 0.383 e. The number of amides is 2. The van der Waals surface area contributed by atoms with Gasteiger partial charge >= 0.3 is 0 Å². The summed E-state index contributed by atoms with van der Waals surface area (Å²) in [6, 6.07) is 12.5. The van der Waals surface area contributed by atoms with Gasteiger partial charge in [0.2, 0.25) is 5.91 Å². The lowest BCUT2D eigenvalue weighted by Gasteiger charge is -2.32. The van der Waals surface area contributed by atoms with E-state index in [0.717, 1.165) is 33.8 Å². The molecule has 1 unspecified atom stereocenters. The van der Waals surface area contributed by atoms with Gasteiger partial charge in [0.05, 0.1) is 21.4 Å². The molecule has 0 aliphatic carbocycles. The lowest BCUT2D eigenvalue weighted by atomic mass is 10.0. The number of halogens is 1. The highest BCUT2D eigenvalue weighted by Crippen LogP contribution is 2.38. The van der Waals surface area contributed by atoms with Crippen LogP contribution >= 0.6 is 15.9 Å². The smallest absolute Gasteiger partial charge is 0.256 e. The number of fused-ring (bicyclic) bond motifs is 1. The molecule has 0 bridgehead atoms. The van der Waals surface area contributed by atoms with Crippen LogP contribution in [0, 0.1) is 0 Å². The number of rotatable bonds is 5. The van der Waals surface area contributed by atoms with E-state index >= 15 is 0 Å². The minimum atomic E-state index is -0.256. The summed E-state index contributed by atoms with van der Waals surface area (Å²) in [6.07, 6.45) is 6.37. The Balaban J connectivity index is 1.51. The highest BCUT2D eigenvalue weighted by molar-refractivity contribution is 9.10. The zero-order valence-electron chi connectivity index (χ0n) is 19.4. The molecule has 9 nitrogen and oxygen atoms in total. The number of hydrogen-bond acceptors (Lipinski definition) is 6. The summed E-state index contributed by atoms with van der Waals surface area (Å²) < 4.78 is 2.71. The van der Waals surface area contributed by atoms with Gasteiger partial charge in [0.1, 0.15) is 17.3 Å². The number of nitrogens with zero attached hydrogens (tertiary/aromatic N) is 5. The third-order valence-corrected chi connectivity index (χ3v) is 6.85. The van der Waals surface area contributed by atoms with Gasteiger partial charge in [-0.2, -0.15) is 5.10 Å². The van der Waals surface area contributed by atoms with Crippen molar-refractivity contribution in [3.05, 3.63) is 77.5 Å². The highest BCUT2D eigenvalue weighted by Gasteiger charge is 2.28. The molecule has 2 amide bonds. The molecule has 0 radical (unpaired) electrons. The number of carbonyl (C=O) groups is 2. The van der Waals surface area contributed by atoms with Gasteiger partial charge in [-0.15, -0.1) is 0 Å². The van der Waals surface area contributed by atoms with E-state index in [1.165, 1.54) is 6.08 Å². The number of piperidine rings is 1. The molecule has 10 heteroatoms. The molecule has 1 fully saturated rings. The maximum Gasteiger partial charge on any atom is 0.256 e. The van der Waals surface area contributed by atoms with Gasteiger partial charge in [0.15, 0.2) is 0 Å². The maximum absolute atomic E-state index is 12.6. The summed E-state index contributed by atoms with van der Waals surface area (Å²) in [7, 11) is 0. The van der Waals surface area contributed by atoms with Crippen LogP contribution in [0.4, 0.5) is 11.6 Å². The molecule has 5 rings (SSSR count). The normalized spacial score (nSPS) is 15.6. The average molecular weight is 546 g/mol. The van der Waals surface area contributed by atoms with E-state index in [2.05, 4.69) is 37.8 Å². The summed E-state index contributed by atoms with van der Waals surface area (Å²) in [4.78, 5) is 35.2. The van der Waals surface area contributed by atoms with Gasteiger partial charge < -0.3 is 16.0 Å². The van der Waals surface area contributed by atoms with Crippen LogP contribution in [-0.4, -0.2) is 49.6 Å². The molecular formula is C26H24BrN7O2. The van der Waals surface area contributed by atoms with Crippen molar-refractivity contribution >= 4 is 50.3 Å². The quantitative estimate of drug-likeness (QED) is 0.358. The summed E-state index contributed by atoms with van der Waals surface area (Å²) >= 11 is 3.62. The van der Waals surface area contributed by atoms with Crippen LogP contribution < -0.4 is 11.1 Å². The Hall–Kier alpha value is -4.05. The van der Waals surface area contributed by atoms with Crippen molar-refractivity contribution < 1.29 is 9.59 Å². The van der Waals surface area contributed by atoms with Gasteiger partial charge in [-0.3, -0.25) is 14.3 Å². The molecule has 1 aromatic carbocycles. The van der Waals surface area contributed by atoms with Crippen molar-refractivity contribution in [1.29, 1.82) is 0 Å². The number of carbonyl (C=O) groups excluding carboxylic acids is 2. The molecule has 1 atom stereocenters. The van der Waals surface area contributed by atoms with Crippen molar-refractivity contribution in [3.8, 4) is 11.3 Å². The lowest BCUT2D eigenvalue weighted by Crippen LogP contribution is -2.40. The molecule has 3 N–H and O–H groups in total. The Labute approximate surface area is 216 Å². The molecule has 1 aliphatic heterocycles. The van der Waals surface area contributed by atoms with Crippen LogP contribution in [0.5, 0.6) is 0 Å². The second kappa shape index (κ2) is 9.90. The van der Waals surface area contributed by atoms with Crippen LogP contribution in [0.1, 0.15) is 29.2 Å². The number of benzene rings is 1. The van der Waals surface area contributed by atoms with E-state index in [4.69, 9.17) is 10.8 Å². The highest BCUT2D eigenvalue weighted by atomic mass is 79.9. The van der Waals surface area contributed by atoms with Gasteiger partial charge in [-0.25, -0.2) is 9.97 Å². The van der Waals surface area contributed by atoms with E-state index in [9.17, 15) is 9.59 Å². The summed E-state index contributed by atoms with van der Waals surface area (Å²) in [5, 5.41) is 8.47. The summed E-state index contributed by atoms with van der Waals surface area (Å²) in [5.41, 5.74) is 9.12. The van der Waals surface area contributed by atoms with Crippen LogP contribution in [0.2, 0.25) is 0 Å². The van der Waals surface area contributed by atoms with Crippen LogP contribution in [-0.2, 0) is 4.79 Å². The zero-order valence-corrected chi connectivity index (χ0v) is 21.0. The first-order valence-electron chi connectivity index (χ1n) is 11.5. The number of anilines is 2. The van der Waals surface area contributed by atoms with Crippen LogP contribution in [0.25, 0.3) is 22.2 Å². The zero-order chi connectivity index (χ0) is 25.2. The number of nitrogens with two attached hydrogens (primary N) is 1. The minimum absolute atomic E-state index is 0.0274. The van der Waals surface area contributed by atoms with Crippen molar-refractivity contribution in [2.45, 2.75) is 18.9 Å². The van der Waals surface area contributed by atoms with E-state index in [1.807, 2.05) is 22.9 Å². The summed E-state index contributed by atoms with van der Waals surface area (Å²) in [6.45, 7) is 4.84. The third-order valence-electron chi connectivity index (χ3n) is 6.27. The lowest BCUT2D eigenvalue weighted by molar-refractivity contribution is -0.127. The third kappa shape index (κ3) is 4.47. The molecule has 182 valence electrons. The number of nitrogens with one attached hydrogen (secondary N) is 1. The Kier molecular flexibility index (Phi) is 6.51. The average Bonchev–Trinajstić information content (AvgIpc) is 3.33. The topological polar surface area (TPSA) is 119 Å². The fourth-order valence-corrected chi connectivity index (χ4v) is 4.99. The van der Waals surface area contributed by atoms with Gasteiger partial charge in [0, 0.05) is 36.6 Å². The van der Waals surface area contributed by atoms with Gasteiger partial charge in [-0.1, -0.05) is 24.8 Å². The van der Waals surface area contributed by atoms with Crippen LogP contribution in [0.3, 0.4) is 0 Å². The number of aromatic nitrogens is 4. The molecule has 0 saturated carbocycles. The first-order chi connectivity index (χ1) is 17.5. The molecular weight excluding hydrogens is 522 g/mol. The van der Waals surface area contributed by atoms with E-state index < -0.39 is 0 Å². The number of likely N-dealkylation sites (tertiary alicyclic amines) is 1. The number of nitrogen functional groups attached to an aromatic ring is 1. The van der Waals surface area contributed by atoms with E-state index in [-0.39, 0.29) is 17.9 Å². The van der Waals surface area contributed by atoms with Gasteiger partial charge in [-0.05, 0) is 59.1 Å². The van der Waals surface area contributed by atoms with Crippen molar-refractivity contribution in [1.82, 2.24) is 24.6 Å². The second-order valence-electron chi connectivity index (χ2n) is 8.54. The van der Waals surface area contributed by atoms with Crippen molar-refractivity contribution in [2.24, 2.45) is 0 Å². The SMILES string of the molecule is C=CC(=O)N1CCCC(n2nc(-c3ccc(C(=O)Nc4ccccn4)cc3)c3c(N)ncc(Br)c32)C1.